The van der Waals surface area contributed by atoms with Gasteiger partial charge in [0.25, 0.3) is 5.91 Å². The minimum atomic E-state index is -0.160. The lowest BCUT2D eigenvalue weighted by molar-refractivity contribution is -0.00949. The van der Waals surface area contributed by atoms with E-state index in [0.717, 1.165) is 29.4 Å². The first-order valence-electron chi connectivity index (χ1n) is 8.05. The van der Waals surface area contributed by atoms with Crippen LogP contribution in [-0.4, -0.2) is 38.3 Å². The van der Waals surface area contributed by atoms with Crippen LogP contribution in [0.1, 0.15) is 34.9 Å². The topological polar surface area (TPSA) is 84.8 Å². The molecular weight excluding hydrogens is 306 g/mol. The van der Waals surface area contributed by atoms with Gasteiger partial charge in [-0.3, -0.25) is 9.48 Å². The predicted octanol–water partition coefficient (Wildman–Crippen LogP) is 1.95. The Hall–Kier alpha value is -2.67. The maximum Gasteiger partial charge on any atom is 0.251 e. The second-order valence-electron chi connectivity index (χ2n) is 6.10. The molecule has 2 atom stereocenters. The fourth-order valence-electron chi connectivity index (χ4n) is 3.17. The van der Waals surface area contributed by atoms with E-state index in [4.69, 9.17) is 4.74 Å². The van der Waals surface area contributed by atoms with Crippen LogP contribution < -0.4 is 5.32 Å². The average Bonchev–Trinajstić information content (AvgIpc) is 3.23. The highest BCUT2D eigenvalue weighted by Gasteiger charge is 2.30. The first-order valence-corrected chi connectivity index (χ1v) is 8.05. The van der Waals surface area contributed by atoms with Gasteiger partial charge in [-0.1, -0.05) is 0 Å². The molecular formula is C17H19N5O2. The van der Waals surface area contributed by atoms with Crippen molar-refractivity contribution in [3.63, 3.8) is 0 Å². The zero-order valence-electron chi connectivity index (χ0n) is 13.4. The number of nitrogens with one attached hydrogen (secondary N) is 2. The summed E-state index contributed by atoms with van der Waals surface area (Å²) < 4.78 is 7.65. The van der Waals surface area contributed by atoms with Crippen LogP contribution >= 0.6 is 0 Å². The summed E-state index contributed by atoms with van der Waals surface area (Å²) in [5, 5.41) is 7.32. The van der Waals surface area contributed by atoms with Gasteiger partial charge in [-0.05, 0) is 31.0 Å². The van der Waals surface area contributed by atoms with E-state index in [1.165, 1.54) is 0 Å². The van der Waals surface area contributed by atoms with Gasteiger partial charge in [0.1, 0.15) is 6.10 Å². The molecule has 3 heterocycles. The maximum atomic E-state index is 12.6. The lowest BCUT2D eigenvalue weighted by Gasteiger charge is -2.31. The summed E-state index contributed by atoms with van der Waals surface area (Å²) >= 11 is 0. The molecule has 0 bridgehead atoms. The number of aromatic nitrogens is 4. The molecule has 1 fully saturated rings. The molecule has 1 aromatic carbocycles. The number of carbonyl (C=O) groups excluding carboxylic acids is 1. The minimum Gasteiger partial charge on any atom is -0.371 e. The predicted molar refractivity (Wildman–Crippen MR) is 88.5 cm³/mol. The van der Waals surface area contributed by atoms with Gasteiger partial charge in [0, 0.05) is 31.0 Å². The van der Waals surface area contributed by atoms with E-state index in [1.807, 2.05) is 25.4 Å². The zero-order valence-corrected chi connectivity index (χ0v) is 13.4. The van der Waals surface area contributed by atoms with Gasteiger partial charge in [0.05, 0.1) is 29.6 Å². The SMILES string of the molecule is Cn1cc([C@H]2OCCC[C@@H]2NC(=O)c2ccc3nc[nH]c3c2)cn1. The minimum absolute atomic E-state index is 0.0621. The molecule has 1 aliphatic heterocycles. The van der Waals surface area contributed by atoms with Crippen LogP contribution in [0.4, 0.5) is 0 Å². The van der Waals surface area contributed by atoms with Crippen LogP contribution in [0.3, 0.4) is 0 Å². The third kappa shape index (κ3) is 2.78. The number of hydrogen-bond acceptors (Lipinski definition) is 4. The summed E-state index contributed by atoms with van der Waals surface area (Å²) in [6.45, 7) is 0.700. The van der Waals surface area contributed by atoms with Gasteiger partial charge in [-0.25, -0.2) is 4.98 Å². The molecule has 4 rings (SSSR count). The lowest BCUT2D eigenvalue weighted by atomic mass is 9.97. The average molecular weight is 325 g/mol. The number of aryl methyl sites for hydroxylation is 1. The van der Waals surface area contributed by atoms with Crippen molar-refractivity contribution in [2.45, 2.75) is 25.0 Å². The number of rotatable bonds is 3. The Labute approximate surface area is 139 Å². The normalized spacial score (nSPS) is 21.0. The van der Waals surface area contributed by atoms with E-state index in [-0.39, 0.29) is 18.1 Å². The Bertz CT molecular complexity index is 869. The Morgan fingerprint density at radius 1 is 1.46 bits per heavy atom. The Morgan fingerprint density at radius 3 is 3.21 bits per heavy atom. The van der Waals surface area contributed by atoms with Crippen molar-refractivity contribution in [3.8, 4) is 0 Å². The molecule has 7 heteroatoms. The van der Waals surface area contributed by atoms with Gasteiger partial charge in [-0.15, -0.1) is 0 Å². The highest BCUT2D eigenvalue weighted by atomic mass is 16.5. The molecule has 7 nitrogen and oxygen atoms in total. The third-order valence-corrected chi connectivity index (χ3v) is 4.37. The first kappa shape index (κ1) is 14.9. The molecule has 0 saturated carbocycles. The van der Waals surface area contributed by atoms with Crippen LogP contribution in [0.25, 0.3) is 11.0 Å². The quantitative estimate of drug-likeness (QED) is 0.771. The number of hydrogen-bond donors (Lipinski definition) is 2. The largest absolute Gasteiger partial charge is 0.371 e. The number of imidazole rings is 1. The number of carbonyl (C=O) groups is 1. The van der Waals surface area contributed by atoms with E-state index in [9.17, 15) is 4.79 Å². The van der Waals surface area contributed by atoms with Crippen LogP contribution in [0.2, 0.25) is 0 Å². The van der Waals surface area contributed by atoms with Gasteiger partial charge < -0.3 is 15.0 Å². The summed E-state index contributed by atoms with van der Waals surface area (Å²) in [4.78, 5) is 19.8. The van der Waals surface area contributed by atoms with Gasteiger partial charge in [0.2, 0.25) is 0 Å². The number of amides is 1. The summed E-state index contributed by atoms with van der Waals surface area (Å²) in [6.07, 6.45) is 7.02. The molecule has 0 aliphatic carbocycles. The number of fused-ring (bicyclic) bond motifs is 1. The molecule has 0 spiro atoms. The van der Waals surface area contributed by atoms with Crippen molar-refractivity contribution >= 4 is 16.9 Å². The summed E-state index contributed by atoms with van der Waals surface area (Å²) in [5.41, 5.74) is 3.31. The van der Waals surface area contributed by atoms with E-state index in [1.54, 1.807) is 23.3 Å². The number of ether oxygens (including phenoxy) is 1. The maximum absolute atomic E-state index is 12.6. The Balaban J connectivity index is 1.54. The van der Waals surface area contributed by atoms with Gasteiger partial charge >= 0.3 is 0 Å². The number of benzene rings is 1. The van der Waals surface area contributed by atoms with E-state index in [2.05, 4.69) is 20.4 Å². The third-order valence-electron chi connectivity index (χ3n) is 4.37. The molecule has 2 aromatic heterocycles. The van der Waals surface area contributed by atoms with Crippen LogP contribution in [0.5, 0.6) is 0 Å². The van der Waals surface area contributed by atoms with E-state index >= 15 is 0 Å². The van der Waals surface area contributed by atoms with Crippen LogP contribution in [0, 0.1) is 0 Å². The second kappa shape index (κ2) is 6.09. The van der Waals surface area contributed by atoms with Crippen LogP contribution in [0.15, 0.2) is 36.9 Å². The monoisotopic (exact) mass is 325 g/mol. The fraction of sp³-hybridized carbons (Fsp3) is 0.353. The molecule has 1 aliphatic rings. The summed E-state index contributed by atoms with van der Waals surface area (Å²) in [5.74, 6) is -0.101. The number of aromatic amines is 1. The standard InChI is InChI=1S/C17H19N5O2/c1-22-9-12(8-20-22)16-14(3-2-6-24-16)21-17(23)11-4-5-13-15(7-11)19-10-18-13/h4-5,7-10,14,16H,2-3,6H2,1H3,(H,18,19)(H,21,23)/t14-,16+/m0/s1. The lowest BCUT2D eigenvalue weighted by Crippen LogP contribution is -2.42. The number of nitrogens with zero attached hydrogens (tertiary/aromatic N) is 3. The highest BCUT2D eigenvalue weighted by molar-refractivity contribution is 5.97. The van der Waals surface area contributed by atoms with Crippen molar-refractivity contribution in [1.29, 1.82) is 0 Å². The zero-order chi connectivity index (χ0) is 16.5. The Morgan fingerprint density at radius 2 is 2.38 bits per heavy atom. The molecule has 0 unspecified atom stereocenters. The molecule has 124 valence electrons. The highest BCUT2D eigenvalue weighted by Crippen LogP contribution is 2.28. The molecule has 3 aromatic rings. The van der Waals surface area contributed by atoms with Crippen molar-refractivity contribution < 1.29 is 9.53 Å². The van der Waals surface area contributed by atoms with Crippen LogP contribution in [-0.2, 0) is 11.8 Å². The fourth-order valence-corrected chi connectivity index (χ4v) is 3.17. The Kier molecular flexibility index (Phi) is 3.78. The first-order chi connectivity index (χ1) is 11.7. The summed E-state index contributed by atoms with van der Waals surface area (Å²) in [7, 11) is 1.87. The van der Waals surface area contributed by atoms with Gasteiger partial charge in [0.15, 0.2) is 0 Å². The molecule has 1 saturated heterocycles. The molecule has 1 amide bonds. The second-order valence-corrected chi connectivity index (χ2v) is 6.10. The van der Waals surface area contributed by atoms with Gasteiger partial charge in [-0.2, -0.15) is 5.10 Å². The molecule has 24 heavy (non-hydrogen) atoms. The molecule has 0 radical (unpaired) electrons. The van der Waals surface area contributed by atoms with Crippen molar-refractivity contribution in [3.05, 3.63) is 48.0 Å². The van der Waals surface area contributed by atoms with Crippen molar-refractivity contribution in [2.75, 3.05) is 6.61 Å². The molecule has 2 N–H and O–H groups in total. The van der Waals surface area contributed by atoms with E-state index in [0.29, 0.717) is 12.2 Å². The summed E-state index contributed by atoms with van der Waals surface area (Å²) in [6, 6.07) is 5.39. The van der Waals surface area contributed by atoms with Crippen molar-refractivity contribution in [1.82, 2.24) is 25.1 Å². The van der Waals surface area contributed by atoms with Crippen molar-refractivity contribution in [2.24, 2.45) is 7.05 Å². The number of H-pyrrole nitrogens is 1. The smallest absolute Gasteiger partial charge is 0.251 e. The van der Waals surface area contributed by atoms with E-state index < -0.39 is 0 Å².